The molecule has 0 saturated heterocycles. The molecule has 0 aromatic heterocycles. The van der Waals surface area contributed by atoms with E-state index in [-0.39, 0.29) is 5.82 Å². The molecule has 0 aliphatic heterocycles. The van der Waals surface area contributed by atoms with E-state index in [0.29, 0.717) is 30.2 Å². The van der Waals surface area contributed by atoms with Crippen LogP contribution in [0.15, 0.2) is 40.9 Å². The smallest absolute Gasteiger partial charge is 0.133 e. The molecule has 24 heavy (non-hydrogen) atoms. The molecule has 2 aromatic rings. The lowest BCUT2D eigenvalue weighted by Crippen LogP contribution is -2.26. The summed E-state index contributed by atoms with van der Waals surface area (Å²) in [6, 6.07) is 10.7. The van der Waals surface area contributed by atoms with E-state index >= 15 is 0 Å². The first-order valence-electron chi connectivity index (χ1n) is 7.73. The van der Waals surface area contributed by atoms with Crippen LogP contribution >= 0.6 is 27.5 Å². The van der Waals surface area contributed by atoms with Gasteiger partial charge in [-0.25, -0.2) is 4.39 Å². The second-order valence-corrected chi connectivity index (χ2v) is 6.78. The molecular formula is C18H21BrClFN2O. The highest BCUT2D eigenvalue weighted by Gasteiger charge is 2.13. The predicted octanol–water partition coefficient (Wildman–Crippen LogP) is 4.60. The van der Waals surface area contributed by atoms with Gasteiger partial charge in [-0.05, 0) is 58.7 Å². The minimum absolute atomic E-state index is 0.281. The van der Waals surface area contributed by atoms with Crippen molar-refractivity contribution in [3.05, 3.63) is 62.8 Å². The molecule has 0 saturated carbocycles. The van der Waals surface area contributed by atoms with Gasteiger partial charge >= 0.3 is 0 Å². The number of ether oxygens (including phenoxy) is 1. The highest BCUT2D eigenvalue weighted by molar-refractivity contribution is 9.10. The number of nitrogens with zero attached hydrogens (tertiary/aromatic N) is 1. The Bertz CT molecular complexity index is 664. The number of methoxy groups -OCH3 is 1. The Morgan fingerprint density at radius 1 is 1.25 bits per heavy atom. The molecule has 130 valence electrons. The molecule has 6 heteroatoms. The fourth-order valence-corrected chi connectivity index (χ4v) is 3.31. The van der Waals surface area contributed by atoms with E-state index < -0.39 is 0 Å². The topological polar surface area (TPSA) is 38.5 Å². The molecular weight excluding hydrogens is 395 g/mol. The fraction of sp³-hybridized carbons (Fsp3) is 0.333. The normalized spacial score (nSPS) is 11.1. The van der Waals surface area contributed by atoms with Crippen molar-refractivity contribution in [1.82, 2.24) is 4.90 Å². The van der Waals surface area contributed by atoms with Gasteiger partial charge in [0, 0.05) is 30.2 Å². The molecule has 0 radical (unpaired) electrons. The number of halogens is 3. The summed E-state index contributed by atoms with van der Waals surface area (Å²) in [6.45, 7) is 2.47. The van der Waals surface area contributed by atoms with E-state index in [4.69, 9.17) is 22.1 Å². The van der Waals surface area contributed by atoms with Crippen LogP contribution in [0.3, 0.4) is 0 Å². The average molecular weight is 416 g/mol. The van der Waals surface area contributed by atoms with Crippen LogP contribution in [0.1, 0.15) is 17.5 Å². The maximum Gasteiger partial charge on any atom is 0.133 e. The molecule has 2 aromatic carbocycles. The number of hydrogen-bond donors (Lipinski definition) is 1. The molecule has 3 nitrogen and oxygen atoms in total. The van der Waals surface area contributed by atoms with Crippen LogP contribution in [0.4, 0.5) is 4.39 Å². The van der Waals surface area contributed by atoms with Gasteiger partial charge in [0.25, 0.3) is 0 Å². The second kappa shape index (κ2) is 9.37. The Labute approximate surface area is 155 Å². The van der Waals surface area contributed by atoms with E-state index in [9.17, 15) is 4.39 Å². The summed E-state index contributed by atoms with van der Waals surface area (Å²) >= 11 is 9.66. The summed E-state index contributed by atoms with van der Waals surface area (Å²) in [7, 11) is 1.63. The zero-order chi connectivity index (χ0) is 17.5. The third kappa shape index (κ3) is 5.18. The molecule has 0 bridgehead atoms. The van der Waals surface area contributed by atoms with E-state index in [1.54, 1.807) is 19.2 Å². The number of hydrogen-bond acceptors (Lipinski definition) is 3. The zero-order valence-electron chi connectivity index (χ0n) is 13.6. The van der Waals surface area contributed by atoms with Gasteiger partial charge < -0.3 is 10.5 Å². The van der Waals surface area contributed by atoms with Gasteiger partial charge in [-0.3, -0.25) is 4.90 Å². The zero-order valence-corrected chi connectivity index (χ0v) is 15.9. The van der Waals surface area contributed by atoms with Crippen molar-refractivity contribution in [2.24, 2.45) is 5.73 Å². The first-order valence-corrected chi connectivity index (χ1v) is 8.90. The minimum Gasteiger partial charge on any atom is -0.496 e. The van der Waals surface area contributed by atoms with Crippen LogP contribution in [-0.2, 0) is 13.1 Å². The lowest BCUT2D eigenvalue weighted by Gasteiger charge is -2.23. The highest BCUT2D eigenvalue weighted by Crippen LogP contribution is 2.27. The highest BCUT2D eigenvalue weighted by atomic mass is 79.9. The minimum atomic E-state index is -0.281. The lowest BCUT2D eigenvalue weighted by molar-refractivity contribution is 0.251. The standard InChI is InChI=1S/C18H21BrClFN2O/c1-24-18-7-6-13(10-15(18)19)11-23(9-3-8-22)12-14-16(20)4-2-5-17(14)21/h2,4-7,10H,3,8-9,11-12,22H2,1H3. The summed E-state index contributed by atoms with van der Waals surface area (Å²) in [5, 5.41) is 0.448. The van der Waals surface area contributed by atoms with Crippen LogP contribution < -0.4 is 10.5 Å². The third-order valence-corrected chi connectivity index (χ3v) is 4.72. The molecule has 2 rings (SSSR count). The monoisotopic (exact) mass is 414 g/mol. The fourth-order valence-electron chi connectivity index (χ4n) is 2.50. The average Bonchev–Trinajstić information content (AvgIpc) is 2.56. The molecule has 0 aliphatic carbocycles. The Morgan fingerprint density at radius 3 is 2.67 bits per heavy atom. The number of nitrogens with two attached hydrogens (primary N) is 1. The van der Waals surface area contributed by atoms with Crippen molar-refractivity contribution in [3.63, 3.8) is 0 Å². The van der Waals surface area contributed by atoms with Gasteiger partial charge in [0.2, 0.25) is 0 Å². The SMILES string of the molecule is COc1ccc(CN(CCCN)Cc2c(F)cccc2Cl)cc1Br. The Balaban J connectivity index is 2.17. The third-order valence-electron chi connectivity index (χ3n) is 3.74. The van der Waals surface area contributed by atoms with Crippen molar-refractivity contribution in [3.8, 4) is 5.75 Å². The summed E-state index contributed by atoms with van der Waals surface area (Å²) in [5.41, 5.74) is 7.26. The van der Waals surface area contributed by atoms with Crippen molar-refractivity contribution in [1.29, 1.82) is 0 Å². The number of benzene rings is 2. The molecule has 2 N–H and O–H groups in total. The first kappa shape index (κ1) is 19.2. The van der Waals surface area contributed by atoms with Crippen LogP contribution in [-0.4, -0.2) is 25.1 Å². The van der Waals surface area contributed by atoms with Crippen molar-refractivity contribution in [2.45, 2.75) is 19.5 Å². The molecule has 0 unspecified atom stereocenters. The lowest BCUT2D eigenvalue weighted by atomic mass is 10.1. The van der Waals surface area contributed by atoms with Crippen LogP contribution in [0, 0.1) is 5.82 Å². The van der Waals surface area contributed by atoms with E-state index in [0.717, 1.165) is 28.8 Å². The van der Waals surface area contributed by atoms with Crippen LogP contribution in [0.2, 0.25) is 5.02 Å². The van der Waals surface area contributed by atoms with Gasteiger partial charge in [0.05, 0.1) is 11.6 Å². The summed E-state index contributed by atoms with van der Waals surface area (Å²) in [5.74, 6) is 0.501. The maximum atomic E-state index is 14.1. The van der Waals surface area contributed by atoms with Gasteiger partial charge in [-0.1, -0.05) is 23.7 Å². The molecule has 0 spiro atoms. The van der Waals surface area contributed by atoms with Gasteiger partial charge in [0.15, 0.2) is 0 Å². The molecule has 0 aliphatic rings. The summed E-state index contributed by atoms with van der Waals surface area (Å²) in [4.78, 5) is 2.14. The second-order valence-electron chi connectivity index (χ2n) is 5.52. The predicted molar refractivity (Wildman–Crippen MR) is 99.9 cm³/mol. The first-order chi connectivity index (χ1) is 11.5. The molecule has 0 heterocycles. The summed E-state index contributed by atoms with van der Waals surface area (Å²) in [6.07, 6.45) is 0.837. The van der Waals surface area contributed by atoms with E-state index in [2.05, 4.69) is 20.8 Å². The van der Waals surface area contributed by atoms with Crippen LogP contribution in [0.5, 0.6) is 5.75 Å². The Hall–Kier alpha value is -1.14. The molecule has 0 atom stereocenters. The van der Waals surface area contributed by atoms with Gasteiger partial charge in [0.1, 0.15) is 11.6 Å². The van der Waals surface area contributed by atoms with Gasteiger partial charge in [-0.15, -0.1) is 0 Å². The van der Waals surface area contributed by atoms with Crippen molar-refractivity contribution in [2.75, 3.05) is 20.2 Å². The molecule has 0 amide bonds. The quantitative estimate of drug-likeness (QED) is 0.685. The van der Waals surface area contributed by atoms with E-state index in [1.807, 2.05) is 18.2 Å². The van der Waals surface area contributed by atoms with E-state index in [1.165, 1.54) is 6.07 Å². The van der Waals surface area contributed by atoms with Gasteiger partial charge in [-0.2, -0.15) is 0 Å². The maximum absolute atomic E-state index is 14.1. The summed E-state index contributed by atoms with van der Waals surface area (Å²) < 4.78 is 20.2. The Morgan fingerprint density at radius 2 is 2.04 bits per heavy atom. The largest absolute Gasteiger partial charge is 0.496 e. The number of rotatable bonds is 8. The van der Waals surface area contributed by atoms with Crippen LogP contribution in [0.25, 0.3) is 0 Å². The molecule has 0 fully saturated rings. The van der Waals surface area contributed by atoms with Crippen molar-refractivity contribution < 1.29 is 9.13 Å². The van der Waals surface area contributed by atoms with Crippen molar-refractivity contribution >= 4 is 27.5 Å². The Kier molecular flexibility index (Phi) is 7.49.